The molecule has 1 aliphatic heterocycles. The van der Waals surface area contributed by atoms with Crippen molar-refractivity contribution >= 4 is 34.8 Å². The third kappa shape index (κ3) is 5.48. The topological polar surface area (TPSA) is 68.5 Å². The van der Waals surface area contributed by atoms with Crippen molar-refractivity contribution in [3.05, 3.63) is 86.7 Å². The summed E-state index contributed by atoms with van der Waals surface area (Å²) >= 11 is 11.9. The molecule has 2 aromatic carbocycles. The highest BCUT2D eigenvalue weighted by molar-refractivity contribution is 6.34. The van der Waals surface area contributed by atoms with Crippen LogP contribution in [0.4, 0.5) is 13.2 Å². The lowest BCUT2D eigenvalue weighted by Crippen LogP contribution is -2.42. The average molecular weight is 553 g/mol. The van der Waals surface area contributed by atoms with Crippen molar-refractivity contribution in [2.45, 2.75) is 50.9 Å². The number of nitrogens with one attached hydrogen (secondary N) is 1. The third-order valence-electron chi connectivity index (χ3n) is 6.20. The molecule has 0 saturated carbocycles. The van der Waals surface area contributed by atoms with E-state index in [9.17, 15) is 18.0 Å². The number of hydrogen-bond donors (Lipinski definition) is 1. The molecule has 1 amide bonds. The van der Waals surface area contributed by atoms with Gasteiger partial charge >= 0.3 is 6.18 Å². The van der Waals surface area contributed by atoms with Gasteiger partial charge in [-0.25, -0.2) is 0 Å². The summed E-state index contributed by atoms with van der Waals surface area (Å²) in [6.45, 7) is 6.63. The number of aryl methyl sites for hydroxylation is 1. The first-order chi connectivity index (χ1) is 17.2. The zero-order valence-corrected chi connectivity index (χ0v) is 22.1. The molecule has 2 heterocycles. The van der Waals surface area contributed by atoms with Gasteiger partial charge in [0, 0.05) is 29.2 Å². The second kappa shape index (κ2) is 9.68. The van der Waals surface area contributed by atoms with E-state index in [1.807, 2.05) is 24.3 Å². The lowest BCUT2D eigenvalue weighted by Gasteiger charge is -2.29. The van der Waals surface area contributed by atoms with Crippen LogP contribution in [0.15, 0.2) is 53.7 Å². The molecule has 0 radical (unpaired) electrons. The Morgan fingerprint density at radius 3 is 2.27 bits per heavy atom. The first-order valence-electron chi connectivity index (χ1n) is 11.4. The van der Waals surface area contributed by atoms with Crippen molar-refractivity contribution in [2.75, 3.05) is 0 Å². The zero-order chi connectivity index (χ0) is 27.2. The Morgan fingerprint density at radius 1 is 1.08 bits per heavy atom. The molecule has 1 N–H and O–H groups in total. The van der Waals surface area contributed by atoms with Gasteiger partial charge in [-0.05, 0) is 40.8 Å². The second-order valence-electron chi connectivity index (χ2n) is 9.96. The van der Waals surface area contributed by atoms with E-state index in [0.717, 1.165) is 17.7 Å². The standard InChI is InChI=1S/C26H25Cl2F3N4O2/c1-24(2,3)16-7-5-15(6-8-16)14-32-23(36)22-12-20(33-35(22)4)21-13-25(37-34-21,26(29,30)31)17-9-18(27)11-19(28)10-17/h5-12H,13-14H2,1-4H3,(H,32,36). The van der Waals surface area contributed by atoms with Gasteiger partial charge < -0.3 is 10.2 Å². The van der Waals surface area contributed by atoms with E-state index in [-0.39, 0.29) is 44.7 Å². The molecule has 1 aliphatic rings. The first kappa shape index (κ1) is 27.0. The fourth-order valence-electron chi connectivity index (χ4n) is 4.04. The Balaban J connectivity index is 1.51. The molecule has 196 valence electrons. The van der Waals surface area contributed by atoms with E-state index in [2.05, 4.69) is 36.3 Å². The predicted octanol–water partition coefficient (Wildman–Crippen LogP) is 6.54. The fraction of sp³-hybridized carbons (Fsp3) is 0.346. The number of nitrogens with zero attached hydrogens (tertiary/aromatic N) is 3. The number of alkyl halides is 3. The summed E-state index contributed by atoms with van der Waals surface area (Å²) in [6, 6.07) is 12.9. The molecule has 0 saturated heterocycles. The molecule has 4 rings (SSSR count). The molecule has 1 atom stereocenters. The molecule has 3 aromatic rings. The Kier molecular flexibility index (Phi) is 7.07. The zero-order valence-electron chi connectivity index (χ0n) is 20.6. The number of carbonyl (C=O) groups excluding carboxylic acids is 1. The maximum Gasteiger partial charge on any atom is 0.435 e. The molecular formula is C26H25Cl2F3N4O2. The van der Waals surface area contributed by atoms with Crippen molar-refractivity contribution in [3.63, 3.8) is 0 Å². The molecule has 0 spiro atoms. The number of carbonyl (C=O) groups is 1. The predicted molar refractivity (Wildman–Crippen MR) is 136 cm³/mol. The number of hydrogen-bond acceptors (Lipinski definition) is 4. The molecular weight excluding hydrogens is 528 g/mol. The summed E-state index contributed by atoms with van der Waals surface area (Å²) in [5.74, 6) is -0.427. The molecule has 6 nitrogen and oxygen atoms in total. The van der Waals surface area contributed by atoms with Crippen molar-refractivity contribution in [1.82, 2.24) is 15.1 Å². The minimum Gasteiger partial charge on any atom is -0.374 e. The number of rotatable bonds is 5. The third-order valence-corrected chi connectivity index (χ3v) is 6.63. The minimum absolute atomic E-state index is 0.0162. The second-order valence-corrected chi connectivity index (χ2v) is 10.8. The Labute approximate surface area is 222 Å². The maximum atomic E-state index is 14.2. The summed E-state index contributed by atoms with van der Waals surface area (Å²) < 4.78 is 44.0. The summed E-state index contributed by atoms with van der Waals surface area (Å²) in [5, 5.41) is 10.8. The van der Waals surface area contributed by atoms with E-state index >= 15 is 0 Å². The van der Waals surface area contributed by atoms with Gasteiger partial charge in [0.05, 0.1) is 6.42 Å². The first-order valence-corrected chi connectivity index (χ1v) is 12.2. The normalized spacial score (nSPS) is 17.9. The Hall–Kier alpha value is -3.04. The molecule has 0 bridgehead atoms. The molecule has 37 heavy (non-hydrogen) atoms. The van der Waals surface area contributed by atoms with Crippen LogP contribution in [-0.4, -0.2) is 27.6 Å². The van der Waals surface area contributed by atoms with Crippen LogP contribution in [0.5, 0.6) is 0 Å². The molecule has 1 aromatic heterocycles. The van der Waals surface area contributed by atoms with E-state index in [1.54, 1.807) is 0 Å². The molecule has 11 heteroatoms. The van der Waals surface area contributed by atoms with Crippen LogP contribution >= 0.6 is 23.2 Å². The van der Waals surface area contributed by atoms with Crippen LogP contribution < -0.4 is 5.32 Å². The van der Waals surface area contributed by atoms with E-state index in [0.29, 0.717) is 0 Å². The lowest BCUT2D eigenvalue weighted by molar-refractivity contribution is -0.275. The highest BCUT2D eigenvalue weighted by atomic mass is 35.5. The number of aromatic nitrogens is 2. The molecule has 0 aliphatic carbocycles. The van der Waals surface area contributed by atoms with Gasteiger partial charge in [0.25, 0.3) is 11.5 Å². The Morgan fingerprint density at radius 2 is 1.70 bits per heavy atom. The lowest BCUT2D eigenvalue weighted by atomic mass is 9.87. The monoisotopic (exact) mass is 552 g/mol. The van der Waals surface area contributed by atoms with Crippen LogP contribution in [0.1, 0.15) is 60.1 Å². The van der Waals surface area contributed by atoms with Crippen molar-refractivity contribution in [1.29, 1.82) is 0 Å². The van der Waals surface area contributed by atoms with Gasteiger partial charge in [-0.2, -0.15) is 18.3 Å². The maximum absolute atomic E-state index is 14.2. The van der Waals surface area contributed by atoms with Crippen LogP contribution in [0.3, 0.4) is 0 Å². The summed E-state index contributed by atoms with van der Waals surface area (Å²) in [4.78, 5) is 17.8. The SMILES string of the molecule is Cn1nc(C2=NOC(c3cc(Cl)cc(Cl)c3)(C(F)(F)F)C2)cc1C(=O)NCc1ccc(C(C)(C)C)cc1. The van der Waals surface area contributed by atoms with Crippen LogP contribution in [-0.2, 0) is 29.4 Å². The largest absolute Gasteiger partial charge is 0.435 e. The number of benzene rings is 2. The van der Waals surface area contributed by atoms with E-state index in [4.69, 9.17) is 28.0 Å². The van der Waals surface area contributed by atoms with Crippen LogP contribution in [0.25, 0.3) is 0 Å². The van der Waals surface area contributed by atoms with Gasteiger partial charge in [-0.1, -0.05) is 73.4 Å². The quantitative estimate of drug-likeness (QED) is 0.391. The highest BCUT2D eigenvalue weighted by Crippen LogP contribution is 2.49. The summed E-state index contributed by atoms with van der Waals surface area (Å²) in [5.41, 5.74) is -0.747. The van der Waals surface area contributed by atoms with Crippen LogP contribution in [0.2, 0.25) is 10.0 Å². The van der Waals surface area contributed by atoms with Crippen molar-refractivity contribution in [2.24, 2.45) is 12.2 Å². The minimum atomic E-state index is -4.83. The molecule has 1 unspecified atom stereocenters. The summed E-state index contributed by atoms with van der Waals surface area (Å²) in [6.07, 6.45) is -5.49. The Bertz CT molecular complexity index is 1340. The fourth-order valence-corrected chi connectivity index (χ4v) is 4.57. The van der Waals surface area contributed by atoms with Gasteiger partial charge in [-0.3, -0.25) is 9.48 Å². The number of oxime groups is 1. The van der Waals surface area contributed by atoms with E-state index in [1.165, 1.54) is 29.4 Å². The number of halogens is 5. The van der Waals surface area contributed by atoms with Crippen LogP contribution in [0, 0.1) is 0 Å². The van der Waals surface area contributed by atoms with Gasteiger partial charge in [0.15, 0.2) is 0 Å². The highest BCUT2D eigenvalue weighted by Gasteiger charge is 2.62. The van der Waals surface area contributed by atoms with Crippen molar-refractivity contribution < 1.29 is 22.8 Å². The molecule has 0 fully saturated rings. The van der Waals surface area contributed by atoms with Crippen molar-refractivity contribution in [3.8, 4) is 0 Å². The summed E-state index contributed by atoms with van der Waals surface area (Å²) in [7, 11) is 1.53. The van der Waals surface area contributed by atoms with Gasteiger partial charge in [0.1, 0.15) is 17.1 Å². The van der Waals surface area contributed by atoms with Gasteiger partial charge in [0.2, 0.25) is 0 Å². The number of amides is 1. The average Bonchev–Trinajstić information content (AvgIpc) is 3.41. The van der Waals surface area contributed by atoms with E-state index < -0.39 is 24.1 Å². The smallest absolute Gasteiger partial charge is 0.374 e. The van der Waals surface area contributed by atoms with Gasteiger partial charge in [-0.15, -0.1) is 0 Å².